The molecular formula is C23H18Cl2N2O2. The van der Waals surface area contributed by atoms with Gasteiger partial charge in [0.2, 0.25) is 0 Å². The summed E-state index contributed by atoms with van der Waals surface area (Å²) >= 11 is 12.2. The fraction of sp³-hybridized carbons (Fsp3) is 0.130. The van der Waals surface area contributed by atoms with E-state index in [9.17, 15) is 10.1 Å². The molecule has 0 aliphatic rings. The molecule has 6 heteroatoms. The van der Waals surface area contributed by atoms with Gasteiger partial charge in [0.15, 0.2) is 0 Å². The molecule has 1 heterocycles. The average molecular weight is 425 g/mol. The Hall–Kier alpha value is -3.00. The molecule has 0 bridgehead atoms. The maximum atomic E-state index is 12.6. The molecule has 0 spiro atoms. The van der Waals surface area contributed by atoms with Gasteiger partial charge in [0.05, 0.1) is 5.02 Å². The topological polar surface area (TPSA) is 66.0 Å². The second-order valence-corrected chi connectivity index (χ2v) is 7.57. The summed E-state index contributed by atoms with van der Waals surface area (Å²) in [7, 11) is 0. The molecule has 0 aliphatic carbocycles. The molecule has 0 aliphatic heterocycles. The highest BCUT2D eigenvalue weighted by Crippen LogP contribution is 2.32. The molecular weight excluding hydrogens is 407 g/mol. The minimum absolute atomic E-state index is 0.0672. The molecule has 0 unspecified atom stereocenters. The van der Waals surface area contributed by atoms with E-state index in [-0.39, 0.29) is 5.57 Å². The zero-order chi connectivity index (χ0) is 21.1. The standard InChI is InChI=1S/C23H18Cl2N2O2/c1-13-8-14(2)22(15(3)9-13)27-23(28)16(12-26)10-18-5-7-21(29-18)19-11-17(24)4-6-20(19)25/h4-11H,1-3H3,(H,27,28)/b16-10-. The summed E-state index contributed by atoms with van der Waals surface area (Å²) in [5.41, 5.74) is 4.24. The Kier molecular flexibility index (Phi) is 6.12. The number of benzene rings is 2. The fourth-order valence-electron chi connectivity index (χ4n) is 3.11. The van der Waals surface area contributed by atoms with Crippen LogP contribution >= 0.6 is 23.2 Å². The van der Waals surface area contributed by atoms with Crippen LogP contribution in [0.3, 0.4) is 0 Å². The number of anilines is 1. The molecule has 0 fully saturated rings. The van der Waals surface area contributed by atoms with E-state index in [4.69, 9.17) is 27.6 Å². The van der Waals surface area contributed by atoms with E-state index in [0.29, 0.717) is 32.8 Å². The predicted molar refractivity (Wildman–Crippen MR) is 117 cm³/mol. The zero-order valence-electron chi connectivity index (χ0n) is 16.1. The maximum Gasteiger partial charge on any atom is 0.266 e. The quantitative estimate of drug-likeness (QED) is 0.373. The van der Waals surface area contributed by atoms with Crippen molar-refractivity contribution >= 4 is 40.9 Å². The maximum absolute atomic E-state index is 12.6. The summed E-state index contributed by atoms with van der Waals surface area (Å²) in [6.07, 6.45) is 1.40. The monoisotopic (exact) mass is 424 g/mol. The molecule has 146 valence electrons. The molecule has 1 aromatic heterocycles. The van der Waals surface area contributed by atoms with Crippen molar-refractivity contribution in [2.75, 3.05) is 5.32 Å². The fourth-order valence-corrected chi connectivity index (χ4v) is 3.49. The summed E-state index contributed by atoms with van der Waals surface area (Å²) in [6, 6.07) is 14.3. The molecule has 29 heavy (non-hydrogen) atoms. The number of aryl methyl sites for hydroxylation is 3. The molecule has 0 saturated carbocycles. The van der Waals surface area contributed by atoms with Crippen molar-refractivity contribution in [1.82, 2.24) is 0 Å². The van der Waals surface area contributed by atoms with Crippen LogP contribution in [0.15, 0.2) is 52.5 Å². The number of hydrogen-bond donors (Lipinski definition) is 1. The van der Waals surface area contributed by atoms with Crippen molar-refractivity contribution in [3.63, 3.8) is 0 Å². The van der Waals surface area contributed by atoms with Gasteiger partial charge in [-0.05, 0) is 62.2 Å². The van der Waals surface area contributed by atoms with Gasteiger partial charge in [0, 0.05) is 22.3 Å². The number of carbonyl (C=O) groups is 1. The minimum Gasteiger partial charge on any atom is -0.457 e. The first-order chi connectivity index (χ1) is 13.8. The third-order valence-corrected chi connectivity index (χ3v) is 4.95. The average Bonchev–Trinajstić information content (AvgIpc) is 3.12. The van der Waals surface area contributed by atoms with Gasteiger partial charge in [-0.1, -0.05) is 40.9 Å². The van der Waals surface area contributed by atoms with E-state index >= 15 is 0 Å². The summed E-state index contributed by atoms with van der Waals surface area (Å²) < 4.78 is 5.75. The van der Waals surface area contributed by atoms with Gasteiger partial charge >= 0.3 is 0 Å². The molecule has 0 saturated heterocycles. The Morgan fingerprint density at radius 1 is 1.07 bits per heavy atom. The van der Waals surface area contributed by atoms with Gasteiger partial charge in [0.1, 0.15) is 23.2 Å². The van der Waals surface area contributed by atoms with Gasteiger partial charge in [0.25, 0.3) is 5.91 Å². The number of nitrogens with zero attached hydrogens (tertiary/aromatic N) is 1. The van der Waals surface area contributed by atoms with Crippen LogP contribution in [-0.2, 0) is 4.79 Å². The zero-order valence-corrected chi connectivity index (χ0v) is 17.7. The van der Waals surface area contributed by atoms with Gasteiger partial charge in [-0.3, -0.25) is 4.79 Å². The third kappa shape index (κ3) is 4.71. The van der Waals surface area contributed by atoms with E-state index in [2.05, 4.69) is 5.32 Å². The number of amides is 1. The number of rotatable bonds is 4. The van der Waals surface area contributed by atoms with E-state index in [1.54, 1.807) is 30.3 Å². The molecule has 1 amide bonds. The van der Waals surface area contributed by atoms with Crippen LogP contribution in [0, 0.1) is 32.1 Å². The van der Waals surface area contributed by atoms with E-state index < -0.39 is 5.91 Å². The van der Waals surface area contributed by atoms with Crippen molar-refractivity contribution in [2.45, 2.75) is 20.8 Å². The largest absolute Gasteiger partial charge is 0.457 e. The summed E-state index contributed by atoms with van der Waals surface area (Å²) in [5.74, 6) is 0.355. The van der Waals surface area contributed by atoms with Crippen molar-refractivity contribution in [3.8, 4) is 17.4 Å². The minimum atomic E-state index is -0.499. The number of halogens is 2. The van der Waals surface area contributed by atoms with Gasteiger partial charge in [-0.15, -0.1) is 0 Å². The SMILES string of the molecule is Cc1cc(C)c(NC(=O)/C(C#N)=C\c2ccc(-c3cc(Cl)ccc3Cl)o2)c(C)c1. The van der Waals surface area contributed by atoms with Crippen LogP contribution < -0.4 is 5.32 Å². The smallest absolute Gasteiger partial charge is 0.266 e. The number of nitriles is 1. The van der Waals surface area contributed by atoms with Crippen LogP contribution in [0.5, 0.6) is 0 Å². The van der Waals surface area contributed by atoms with Crippen LogP contribution in [0.25, 0.3) is 17.4 Å². The van der Waals surface area contributed by atoms with Gasteiger partial charge in [-0.25, -0.2) is 0 Å². The normalized spacial score (nSPS) is 11.2. The molecule has 3 aromatic rings. The molecule has 1 N–H and O–H groups in total. The Labute approximate surface area is 179 Å². The predicted octanol–water partition coefficient (Wildman–Crippen LogP) is 6.72. The summed E-state index contributed by atoms with van der Waals surface area (Å²) in [5, 5.41) is 13.3. The Morgan fingerprint density at radius 3 is 2.41 bits per heavy atom. The van der Waals surface area contributed by atoms with Crippen molar-refractivity contribution in [2.24, 2.45) is 0 Å². The van der Waals surface area contributed by atoms with Crippen molar-refractivity contribution in [3.05, 3.63) is 80.5 Å². The molecule has 2 aromatic carbocycles. The Balaban J connectivity index is 1.87. The van der Waals surface area contributed by atoms with E-state index in [1.807, 2.05) is 39.0 Å². The lowest BCUT2D eigenvalue weighted by atomic mass is 10.0. The van der Waals surface area contributed by atoms with Gasteiger partial charge < -0.3 is 9.73 Å². The molecule has 4 nitrogen and oxygen atoms in total. The number of furan rings is 1. The van der Waals surface area contributed by atoms with Crippen LogP contribution in [0.1, 0.15) is 22.5 Å². The molecule has 0 radical (unpaired) electrons. The number of nitrogens with one attached hydrogen (secondary N) is 1. The van der Waals surface area contributed by atoms with Crippen molar-refractivity contribution < 1.29 is 9.21 Å². The number of carbonyl (C=O) groups excluding carboxylic acids is 1. The third-order valence-electron chi connectivity index (χ3n) is 4.39. The highest BCUT2D eigenvalue weighted by Gasteiger charge is 2.15. The summed E-state index contributed by atoms with van der Waals surface area (Å²) in [6.45, 7) is 5.82. The van der Waals surface area contributed by atoms with E-state index in [1.165, 1.54) is 6.08 Å². The number of hydrogen-bond acceptors (Lipinski definition) is 3. The molecule has 3 rings (SSSR count). The second kappa shape index (κ2) is 8.57. The highest BCUT2D eigenvalue weighted by atomic mass is 35.5. The Morgan fingerprint density at radius 2 is 1.76 bits per heavy atom. The second-order valence-electron chi connectivity index (χ2n) is 6.72. The van der Waals surface area contributed by atoms with Crippen LogP contribution in [0.4, 0.5) is 5.69 Å². The summed E-state index contributed by atoms with van der Waals surface area (Å²) in [4.78, 5) is 12.6. The lowest BCUT2D eigenvalue weighted by molar-refractivity contribution is -0.112. The lowest BCUT2D eigenvalue weighted by Crippen LogP contribution is -2.15. The first-order valence-corrected chi connectivity index (χ1v) is 9.60. The molecule has 0 atom stereocenters. The van der Waals surface area contributed by atoms with Crippen molar-refractivity contribution in [1.29, 1.82) is 5.26 Å². The lowest BCUT2D eigenvalue weighted by Gasteiger charge is -2.12. The first kappa shape index (κ1) is 20.7. The van der Waals surface area contributed by atoms with Crippen LogP contribution in [0.2, 0.25) is 10.0 Å². The Bertz CT molecular complexity index is 1150. The van der Waals surface area contributed by atoms with Crippen LogP contribution in [-0.4, -0.2) is 5.91 Å². The van der Waals surface area contributed by atoms with Gasteiger partial charge in [-0.2, -0.15) is 5.26 Å². The highest BCUT2D eigenvalue weighted by molar-refractivity contribution is 6.35. The first-order valence-electron chi connectivity index (χ1n) is 8.84. The van der Waals surface area contributed by atoms with E-state index in [0.717, 1.165) is 16.7 Å².